The number of morpholine rings is 1. The van der Waals surface area contributed by atoms with Crippen molar-refractivity contribution in [2.45, 2.75) is 31.8 Å². The van der Waals surface area contributed by atoms with Crippen molar-refractivity contribution in [1.29, 1.82) is 0 Å². The molecule has 1 unspecified atom stereocenters. The molecule has 3 N–H and O–H groups in total. The summed E-state index contributed by atoms with van der Waals surface area (Å²) in [5.41, 5.74) is 0.0936. The lowest BCUT2D eigenvalue weighted by Crippen LogP contribution is -2.39. The van der Waals surface area contributed by atoms with Crippen molar-refractivity contribution >= 4 is 22.9 Å². The van der Waals surface area contributed by atoms with Gasteiger partial charge in [0.2, 0.25) is 5.95 Å². The molecule has 4 rings (SSSR count). The molecule has 11 heteroatoms. The van der Waals surface area contributed by atoms with E-state index in [9.17, 15) is 15.0 Å². The molecular formula is C16H22N6O5. The first kappa shape index (κ1) is 18.0. The molecule has 2 aliphatic heterocycles. The summed E-state index contributed by atoms with van der Waals surface area (Å²) in [5, 5.41) is 19.2. The van der Waals surface area contributed by atoms with Crippen molar-refractivity contribution in [3.63, 3.8) is 0 Å². The Balaban J connectivity index is 1.67. The Kier molecular flexibility index (Phi) is 4.91. The summed E-state index contributed by atoms with van der Waals surface area (Å²) >= 11 is 0. The Morgan fingerprint density at radius 2 is 2.22 bits per heavy atom. The van der Waals surface area contributed by atoms with Crippen LogP contribution in [0.25, 0.3) is 11.2 Å². The quantitative estimate of drug-likeness (QED) is 0.463. The monoisotopic (exact) mass is 378 g/mol. The molecule has 2 fully saturated rings. The number of aliphatic imine (C=N–C) groups is 1. The minimum atomic E-state index is -0.791. The molecule has 2 aromatic heterocycles. The molecule has 2 aromatic rings. The number of fused-ring (bicyclic) bond motifs is 1. The summed E-state index contributed by atoms with van der Waals surface area (Å²) in [6, 6.07) is 0. The van der Waals surface area contributed by atoms with Crippen LogP contribution in [-0.4, -0.2) is 85.6 Å². The molecule has 0 radical (unpaired) electrons. The zero-order valence-corrected chi connectivity index (χ0v) is 14.9. The highest BCUT2D eigenvalue weighted by Gasteiger charge is 2.35. The number of hydrogen-bond donors (Lipinski definition) is 3. The van der Waals surface area contributed by atoms with Crippen LogP contribution >= 0.6 is 0 Å². The molecule has 3 atom stereocenters. The van der Waals surface area contributed by atoms with E-state index >= 15 is 0 Å². The van der Waals surface area contributed by atoms with Gasteiger partial charge in [0.1, 0.15) is 18.2 Å². The third kappa shape index (κ3) is 3.46. The molecule has 0 aromatic carbocycles. The van der Waals surface area contributed by atoms with Gasteiger partial charge >= 0.3 is 0 Å². The third-order valence-electron chi connectivity index (χ3n) is 4.85. The van der Waals surface area contributed by atoms with Crippen LogP contribution in [0.2, 0.25) is 0 Å². The fourth-order valence-electron chi connectivity index (χ4n) is 3.34. The Bertz CT molecular complexity index is 902. The van der Waals surface area contributed by atoms with Gasteiger partial charge < -0.3 is 24.6 Å². The molecule has 0 saturated carbocycles. The lowest BCUT2D eigenvalue weighted by molar-refractivity contribution is -0.0432. The first-order valence-electron chi connectivity index (χ1n) is 8.86. The van der Waals surface area contributed by atoms with E-state index in [1.807, 2.05) is 6.92 Å². The highest BCUT2D eigenvalue weighted by molar-refractivity contribution is 5.82. The second-order valence-corrected chi connectivity index (χ2v) is 6.59. The molecule has 146 valence electrons. The topological polar surface area (TPSA) is 138 Å². The first-order valence-corrected chi connectivity index (χ1v) is 8.86. The maximum atomic E-state index is 12.4. The Morgan fingerprint density at radius 3 is 2.93 bits per heavy atom. The van der Waals surface area contributed by atoms with E-state index in [0.29, 0.717) is 18.9 Å². The minimum absolute atomic E-state index is 0.170. The van der Waals surface area contributed by atoms with Crippen LogP contribution in [0.5, 0.6) is 0 Å². The highest BCUT2D eigenvalue weighted by atomic mass is 16.5. The van der Waals surface area contributed by atoms with Gasteiger partial charge in [-0.15, -0.1) is 0 Å². The third-order valence-corrected chi connectivity index (χ3v) is 4.85. The van der Waals surface area contributed by atoms with Gasteiger partial charge in [0.05, 0.1) is 32.3 Å². The zero-order chi connectivity index (χ0) is 19.0. The number of hydrogen-bond acceptors (Lipinski definition) is 8. The molecule has 0 bridgehead atoms. The normalized spacial score (nSPS) is 26.9. The summed E-state index contributed by atoms with van der Waals surface area (Å²) in [6.07, 6.45) is -0.298. The fraction of sp³-hybridized carbons (Fsp3) is 0.625. The largest absolute Gasteiger partial charge is 0.394 e. The van der Waals surface area contributed by atoms with E-state index in [0.717, 1.165) is 18.9 Å². The van der Waals surface area contributed by atoms with Crippen LogP contribution < -0.4 is 5.56 Å². The predicted octanol–water partition coefficient (Wildman–Crippen LogP) is -0.858. The number of rotatable bonds is 3. The number of H-pyrrole nitrogens is 1. The summed E-state index contributed by atoms with van der Waals surface area (Å²) in [7, 11) is 0. The molecule has 2 aliphatic rings. The molecular weight excluding hydrogens is 356 g/mol. The Hall–Kier alpha value is -2.34. The van der Waals surface area contributed by atoms with Crippen LogP contribution in [0.3, 0.4) is 0 Å². The molecule has 2 saturated heterocycles. The fourth-order valence-corrected chi connectivity index (χ4v) is 3.34. The SMILES string of the molecule is C/C(=N\c1nc2c(ncn2[C@H]2CC(O)[C@@H](CO)O2)c(=O)[nH]1)N1CCOCC1. The number of nitrogens with one attached hydrogen (secondary N) is 1. The van der Waals surface area contributed by atoms with Crippen LogP contribution in [0.15, 0.2) is 16.1 Å². The van der Waals surface area contributed by atoms with Gasteiger partial charge in [-0.3, -0.25) is 14.3 Å². The first-order chi connectivity index (χ1) is 13.1. The van der Waals surface area contributed by atoms with E-state index in [1.54, 1.807) is 4.57 Å². The number of nitrogens with zero attached hydrogens (tertiary/aromatic N) is 5. The second kappa shape index (κ2) is 7.35. The van der Waals surface area contributed by atoms with Gasteiger partial charge in [-0.2, -0.15) is 4.98 Å². The van der Waals surface area contributed by atoms with E-state index < -0.39 is 24.0 Å². The molecule has 0 amide bonds. The minimum Gasteiger partial charge on any atom is -0.394 e. The van der Waals surface area contributed by atoms with E-state index in [4.69, 9.17) is 9.47 Å². The number of aliphatic hydroxyl groups excluding tert-OH is 2. The summed E-state index contributed by atoms with van der Waals surface area (Å²) in [6.45, 7) is 4.31. The van der Waals surface area contributed by atoms with Crippen molar-refractivity contribution in [3.8, 4) is 0 Å². The average molecular weight is 378 g/mol. The van der Waals surface area contributed by atoms with Gasteiger partial charge in [0.25, 0.3) is 5.56 Å². The number of aliphatic hydroxyl groups is 2. The standard InChI is InChI=1S/C16H22N6O5/c1-9(21-2-4-26-5-3-21)18-16-19-14-13(15(25)20-16)17-8-22(14)12-6-10(24)11(7-23)27-12/h8,10-12,23-24H,2-7H2,1H3,(H,19,20,25)/b18-9+/t10?,11-,12-/m1/s1. The van der Waals surface area contributed by atoms with E-state index in [1.165, 1.54) is 6.33 Å². The molecule has 27 heavy (non-hydrogen) atoms. The summed E-state index contributed by atoms with van der Waals surface area (Å²) in [4.78, 5) is 30.0. The van der Waals surface area contributed by atoms with Crippen LogP contribution in [-0.2, 0) is 9.47 Å². The van der Waals surface area contributed by atoms with Crippen LogP contribution in [0.4, 0.5) is 5.95 Å². The maximum absolute atomic E-state index is 12.4. The molecule has 0 aliphatic carbocycles. The van der Waals surface area contributed by atoms with Crippen molar-refractivity contribution in [3.05, 3.63) is 16.7 Å². The van der Waals surface area contributed by atoms with Gasteiger partial charge in [-0.1, -0.05) is 0 Å². The maximum Gasteiger partial charge on any atom is 0.280 e. The average Bonchev–Trinajstić information content (AvgIpc) is 3.25. The van der Waals surface area contributed by atoms with Crippen molar-refractivity contribution in [1.82, 2.24) is 24.4 Å². The van der Waals surface area contributed by atoms with Crippen LogP contribution in [0.1, 0.15) is 19.6 Å². The van der Waals surface area contributed by atoms with E-state index in [2.05, 4.69) is 24.8 Å². The Labute approximate surface area is 154 Å². The predicted molar refractivity (Wildman–Crippen MR) is 94.9 cm³/mol. The summed E-state index contributed by atoms with van der Waals surface area (Å²) < 4.78 is 12.6. The van der Waals surface area contributed by atoms with Gasteiger partial charge in [0, 0.05) is 19.5 Å². The van der Waals surface area contributed by atoms with E-state index in [-0.39, 0.29) is 24.5 Å². The van der Waals surface area contributed by atoms with Gasteiger partial charge in [0.15, 0.2) is 11.2 Å². The van der Waals surface area contributed by atoms with Crippen molar-refractivity contribution in [2.75, 3.05) is 32.9 Å². The van der Waals surface area contributed by atoms with Crippen molar-refractivity contribution < 1.29 is 19.7 Å². The number of aromatic amines is 1. The van der Waals surface area contributed by atoms with Gasteiger partial charge in [-0.25, -0.2) is 9.98 Å². The smallest absolute Gasteiger partial charge is 0.280 e. The number of aromatic nitrogens is 4. The molecule has 4 heterocycles. The van der Waals surface area contributed by atoms with Crippen LogP contribution in [0, 0.1) is 0 Å². The number of ether oxygens (including phenoxy) is 2. The molecule has 11 nitrogen and oxygen atoms in total. The lowest BCUT2D eigenvalue weighted by Gasteiger charge is -2.28. The second-order valence-electron chi connectivity index (χ2n) is 6.59. The number of imidazole rings is 1. The lowest BCUT2D eigenvalue weighted by atomic mass is 10.2. The highest BCUT2D eigenvalue weighted by Crippen LogP contribution is 2.30. The number of amidine groups is 1. The molecule has 0 spiro atoms. The summed E-state index contributed by atoms with van der Waals surface area (Å²) in [5.74, 6) is 0.912. The van der Waals surface area contributed by atoms with Crippen molar-refractivity contribution in [2.24, 2.45) is 4.99 Å². The Morgan fingerprint density at radius 1 is 1.44 bits per heavy atom. The zero-order valence-electron chi connectivity index (χ0n) is 14.9. The van der Waals surface area contributed by atoms with Gasteiger partial charge in [-0.05, 0) is 6.92 Å².